The number of nitrogens with two attached hydrogens (primary N) is 1. The van der Waals surface area contributed by atoms with Crippen LogP contribution >= 0.6 is 0 Å². The number of carbonyl (C=O) groups excluding carboxylic acids is 2. The molecule has 1 aromatic rings. The van der Waals surface area contributed by atoms with E-state index in [4.69, 9.17) is 10.5 Å². The molecule has 1 aromatic carbocycles. The van der Waals surface area contributed by atoms with Crippen molar-refractivity contribution in [3.63, 3.8) is 0 Å². The van der Waals surface area contributed by atoms with Gasteiger partial charge in [-0.1, -0.05) is 20.8 Å². The molecule has 0 saturated carbocycles. The van der Waals surface area contributed by atoms with E-state index < -0.39 is 28.9 Å². The number of benzene rings is 1. The average Bonchev–Trinajstić information content (AvgIpc) is 2.41. The molecule has 0 spiro atoms. The topological polar surface area (TPSA) is 125 Å². The molecule has 25 heavy (non-hydrogen) atoms. The Hall–Kier alpha value is -2.64. The lowest BCUT2D eigenvalue weighted by molar-refractivity contribution is -0.384. The van der Waals surface area contributed by atoms with E-state index >= 15 is 0 Å². The van der Waals surface area contributed by atoms with Gasteiger partial charge in [0.05, 0.1) is 10.5 Å². The molecule has 1 amide bonds. The van der Waals surface area contributed by atoms with Crippen LogP contribution < -0.4 is 11.1 Å². The van der Waals surface area contributed by atoms with Crippen molar-refractivity contribution in [1.82, 2.24) is 5.32 Å². The normalized spacial score (nSPS) is 11.7. The van der Waals surface area contributed by atoms with Crippen molar-refractivity contribution in [1.29, 1.82) is 0 Å². The van der Waals surface area contributed by atoms with Gasteiger partial charge in [0.1, 0.15) is 0 Å². The van der Waals surface area contributed by atoms with Crippen molar-refractivity contribution in [2.45, 2.75) is 46.6 Å². The van der Waals surface area contributed by atoms with Crippen LogP contribution in [-0.4, -0.2) is 28.9 Å². The number of amides is 1. The van der Waals surface area contributed by atoms with Crippen molar-refractivity contribution in [2.24, 2.45) is 5.41 Å². The van der Waals surface area contributed by atoms with E-state index in [-0.39, 0.29) is 22.4 Å². The van der Waals surface area contributed by atoms with Crippen LogP contribution in [0.3, 0.4) is 0 Å². The van der Waals surface area contributed by atoms with Crippen molar-refractivity contribution in [3.05, 3.63) is 33.9 Å². The van der Waals surface area contributed by atoms with Gasteiger partial charge in [0.25, 0.3) is 11.6 Å². The van der Waals surface area contributed by atoms with Gasteiger partial charge in [-0.3, -0.25) is 14.9 Å². The highest BCUT2D eigenvalue weighted by Crippen LogP contribution is 2.26. The predicted molar refractivity (Wildman–Crippen MR) is 94.1 cm³/mol. The number of rotatable bonds is 6. The van der Waals surface area contributed by atoms with Crippen LogP contribution in [-0.2, 0) is 9.53 Å². The van der Waals surface area contributed by atoms with Crippen molar-refractivity contribution in [3.8, 4) is 0 Å². The molecule has 0 aliphatic heterocycles. The Labute approximate surface area is 146 Å². The lowest BCUT2D eigenvalue weighted by atomic mass is 9.82. The van der Waals surface area contributed by atoms with Crippen molar-refractivity contribution in [2.75, 3.05) is 12.3 Å². The van der Waals surface area contributed by atoms with Gasteiger partial charge in [0, 0.05) is 23.4 Å². The van der Waals surface area contributed by atoms with E-state index in [0.717, 1.165) is 12.5 Å². The van der Waals surface area contributed by atoms with Gasteiger partial charge >= 0.3 is 5.97 Å². The van der Waals surface area contributed by atoms with Crippen LogP contribution in [0.5, 0.6) is 0 Å². The predicted octanol–water partition coefficient (Wildman–Crippen LogP) is 2.66. The lowest BCUT2D eigenvalue weighted by Crippen LogP contribution is -2.47. The van der Waals surface area contributed by atoms with E-state index in [1.54, 1.807) is 0 Å². The van der Waals surface area contributed by atoms with Gasteiger partial charge in [-0.2, -0.15) is 0 Å². The van der Waals surface area contributed by atoms with Gasteiger partial charge in [0.2, 0.25) is 0 Å². The molecule has 0 unspecified atom stereocenters. The summed E-state index contributed by atoms with van der Waals surface area (Å²) >= 11 is 0. The monoisotopic (exact) mass is 351 g/mol. The number of esters is 1. The van der Waals surface area contributed by atoms with Crippen molar-refractivity contribution < 1.29 is 19.2 Å². The fourth-order valence-corrected chi connectivity index (χ4v) is 2.83. The number of nitrogens with zero attached hydrogens (tertiary/aromatic N) is 1. The SMILES string of the molecule is CC(C)(C)CC(C)(C)NC(=O)COC(=O)c1cc([N+](=O)[O-])ccc1N. The van der Waals surface area contributed by atoms with Crippen LogP contribution in [0, 0.1) is 15.5 Å². The summed E-state index contributed by atoms with van der Waals surface area (Å²) in [5.74, 6) is -1.34. The number of nitrogens with one attached hydrogen (secondary N) is 1. The van der Waals surface area contributed by atoms with E-state index in [2.05, 4.69) is 26.1 Å². The number of ether oxygens (including phenoxy) is 1. The quantitative estimate of drug-likeness (QED) is 0.351. The van der Waals surface area contributed by atoms with Crippen LogP contribution in [0.25, 0.3) is 0 Å². The first-order chi connectivity index (χ1) is 11.3. The van der Waals surface area contributed by atoms with Crippen LogP contribution in [0.1, 0.15) is 51.4 Å². The summed E-state index contributed by atoms with van der Waals surface area (Å²) in [6.07, 6.45) is 0.734. The summed E-state index contributed by atoms with van der Waals surface area (Å²) < 4.78 is 4.93. The Kier molecular flexibility index (Phi) is 6.12. The summed E-state index contributed by atoms with van der Waals surface area (Å²) in [7, 11) is 0. The minimum absolute atomic E-state index is 0.0187. The molecule has 0 aliphatic carbocycles. The standard InChI is InChI=1S/C17H25N3O5/c1-16(2,3)10-17(4,5)19-14(21)9-25-15(22)12-8-11(20(23)24)6-7-13(12)18/h6-8H,9-10,18H2,1-5H3,(H,19,21). The Morgan fingerprint density at radius 1 is 1.24 bits per heavy atom. The molecule has 8 heteroatoms. The summed E-state index contributed by atoms with van der Waals surface area (Å²) in [6, 6.07) is 3.47. The number of anilines is 1. The summed E-state index contributed by atoms with van der Waals surface area (Å²) in [5.41, 5.74) is 4.82. The minimum Gasteiger partial charge on any atom is -0.452 e. The first-order valence-corrected chi connectivity index (χ1v) is 7.83. The van der Waals surface area contributed by atoms with Gasteiger partial charge in [-0.05, 0) is 31.7 Å². The Balaban J connectivity index is 2.69. The molecule has 0 aliphatic rings. The lowest BCUT2D eigenvalue weighted by Gasteiger charge is -2.33. The first kappa shape index (κ1) is 20.4. The Bertz CT molecular complexity index is 677. The highest BCUT2D eigenvalue weighted by Gasteiger charge is 2.27. The molecule has 138 valence electrons. The van der Waals surface area contributed by atoms with Crippen molar-refractivity contribution >= 4 is 23.3 Å². The largest absolute Gasteiger partial charge is 0.452 e. The molecular weight excluding hydrogens is 326 g/mol. The summed E-state index contributed by atoms with van der Waals surface area (Å²) in [6.45, 7) is 9.46. The molecule has 0 saturated heterocycles. The molecule has 0 heterocycles. The molecule has 1 rings (SSSR count). The Morgan fingerprint density at radius 3 is 2.36 bits per heavy atom. The van der Waals surface area contributed by atoms with Gasteiger partial charge in [-0.15, -0.1) is 0 Å². The fourth-order valence-electron chi connectivity index (χ4n) is 2.83. The molecule has 3 N–H and O–H groups in total. The molecule has 0 fully saturated rings. The maximum absolute atomic E-state index is 12.0. The highest BCUT2D eigenvalue weighted by atomic mass is 16.6. The summed E-state index contributed by atoms with van der Waals surface area (Å²) in [4.78, 5) is 34.2. The number of carbonyl (C=O) groups is 2. The molecule has 0 radical (unpaired) electrons. The molecular formula is C17H25N3O5. The third-order valence-corrected chi connectivity index (χ3v) is 3.25. The second-order valence-corrected chi connectivity index (χ2v) is 7.77. The zero-order chi connectivity index (χ0) is 19.4. The molecule has 0 bridgehead atoms. The molecule has 0 aromatic heterocycles. The first-order valence-electron chi connectivity index (χ1n) is 7.83. The van der Waals surface area contributed by atoms with E-state index in [0.29, 0.717) is 0 Å². The summed E-state index contributed by atoms with van der Waals surface area (Å²) in [5, 5.41) is 13.6. The number of nitro benzene ring substituents is 1. The average molecular weight is 351 g/mol. The van der Waals surface area contributed by atoms with E-state index in [9.17, 15) is 19.7 Å². The number of hydrogen-bond donors (Lipinski definition) is 2. The highest BCUT2D eigenvalue weighted by molar-refractivity contribution is 5.97. The second-order valence-electron chi connectivity index (χ2n) is 7.77. The maximum atomic E-state index is 12.0. The van der Waals surface area contributed by atoms with Gasteiger partial charge in [0.15, 0.2) is 6.61 Å². The van der Waals surface area contributed by atoms with Crippen LogP contribution in [0.2, 0.25) is 0 Å². The zero-order valence-electron chi connectivity index (χ0n) is 15.2. The molecule has 8 nitrogen and oxygen atoms in total. The Morgan fingerprint density at radius 2 is 1.84 bits per heavy atom. The number of nitro groups is 1. The maximum Gasteiger partial charge on any atom is 0.341 e. The number of nitrogen functional groups attached to an aromatic ring is 1. The molecule has 0 atom stereocenters. The number of non-ortho nitro benzene ring substituents is 1. The zero-order valence-corrected chi connectivity index (χ0v) is 15.2. The second kappa shape index (κ2) is 7.50. The smallest absolute Gasteiger partial charge is 0.341 e. The van der Waals surface area contributed by atoms with Crippen LogP contribution in [0.15, 0.2) is 18.2 Å². The third-order valence-electron chi connectivity index (χ3n) is 3.25. The minimum atomic E-state index is -0.884. The van der Waals surface area contributed by atoms with Gasteiger partial charge < -0.3 is 15.8 Å². The van der Waals surface area contributed by atoms with E-state index in [1.807, 2.05) is 13.8 Å². The fraction of sp³-hybridized carbons (Fsp3) is 0.529. The van der Waals surface area contributed by atoms with E-state index in [1.165, 1.54) is 12.1 Å². The third kappa shape index (κ3) is 6.78. The van der Waals surface area contributed by atoms with Crippen LogP contribution in [0.4, 0.5) is 11.4 Å². The van der Waals surface area contributed by atoms with Gasteiger partial charge in [-0.25, -0.2) is 4.79 Å². The number of hydrogen-bond acceptors (Lipinski definition) is 6.